The van der Waals surface area contributed by atoms with E-state index in [1.807, 2.05) is 0 Å². The number of nitro groups is 1. The van der Waals surface area contributed by atoms with E-state index in [-0.39, 0.29) is 23.7 Å². The molecule has 0 aliphatic rings. The second-order valence-electron chi connectivity index (χ2n) is 5.28. The molecule has 27 heavy (non-hydrogen) atoms. The summed E-state index contributed by atoms with van der Waals surface area (Å²) in [5, 5.41) is 13.9. The largest absolute Gasteiger partial charge is 0.497 e. The summed E-state index contributed by atoms with van der Waals surface area (Å²) in [6.07, 6.45) is 0. The van der Waals surface area contributed by atoms with Crippen LogP contribution in [0.3, 0.4) is 0 Å². The van der Waals surface area contributed by atoms with Gasteiger partial charge in [-0.1, -0.05) is 0 Å². The van der Waals surface area contributed by atoms with E-state index in [4.69, 9.17) is 15.2 Å². The Morgan fingerprint density at radius 1 is 1.26 bits per heavy atom. The number of hydrogen-bond acceptors (Lipinski definition) is 7. The maximum Gasteiger partial charge on any atom is 0.342 e. The number of ether oxygens (including phenoxy) is 2. The van der Waals surface area contributed by atoms with Crippen molar-refractivity contribution in [3.8, 4) is 5.75 Å². The van der Waals surface area contributed by atoms with Crippen LogP contribution in [-0.2, 0) is 9.53 Å². The lowest BCUT2D eigenvalue weighted by Crippen LogP contribution is -2.19. The molecule has 0 unspecified atom stereocenters. The van der Waals surface area contributed by atoms with Gasteiger partial charge < -0.3 is 20.5 Å². The lowest BCUT2D eigenvalue weighted by atomic mass is 10.1. The third-order valence-corrected chi connectivity index (χ3v) is 4.21. The zero-order valence-corrected chi connectivity index (χ0v) is 16.3. The highest BCUT2D eigenvalue weighted by Gasteiger charge is 2.22. The minimum Gasteiger partial charge on any atom is -0.497 e. The van der Waals surface area contributed by atoms with Crippen LogP contribution in [0.25, 0.3) is 5.57 Å². The van der Waals surface area contributed by atoms with Gasteiger partial charge in [0.15, 0.2) is 0 Å². The van der Waals surface area contributed by atoms with Crippen LogP contribution in [0, 0.1) is 10.1 Å². The van der Waals surface area contributed by atoms with Crippen molar-refractivity contribution in [2.24, 2.45) is 5.73 Å². The van der Waals surface area contributed by atoms with Crippen LogP contribution < -0.4 is 15.8 Å². The maximum absolute atomic E-state index is 12.5. The number of nitro benzene ring substituents is 1. The van der Waals surface area contributed by atoms with Gasteiger partial charge in [0.25, 0.3) is 5.69 Å². The highest BCUT2D eigenvalue weighted by molar-refractivity contribution is 9.10. The molecule has 2 aromatic carbocycles. The molecule has 0 fully saturated rings. The second-order valence-corrected chi connectivity index (χ2v) is 6.14. The summed E-state index contributed by atoms with van der Waals surface area (Å²) in [5.74, 6) is 0.0746. The first-order valence-corrected chi connectivity index (χ1v) is 8.69. The van der Waals surface area contributed by atoms with Gasteiger partial charge in [0.2, 0.25) is 0 Å². The summed E-state index contributed by atoms with van der Waals surface area (Å²) in [4.78, 5) is 22.9. The first kappa shape index (κ1) is 20.2. The van der Waals surface area contributed by atoms with Gasteiger partial charge in [0.05, 0.1) is 18.6 Å². The third-order valence-electron chi connectivity index (χ3n) is 3.55. The van der Waals surface area contributed by atoms with Crippen LogP contribution >= 0.6 is 15.9 Å². The van der Waals surface area contributed by atoms with Gasteiger partial charge in [0, 0.05) is 27.9 Å². The minimum atomic E-state index is -0.648. The zero-order valence-electron chi connectivity index (χ0n) is 14.7. The molecule has 142 valence electrons. The lowest BCUT2D eigenvalue weighted by Gasteiger charge is -2.15. The van der Waals surface area contributed by atoms with Gasteiger partial charge >= 0.3 is 5.97 Å². The van der Waals surface area contributed by atoms with Crippen LogP contribution in [0.1, 0.15) is 12.5 Å². The Morgan fingerprint density at radius 3 is 2.44 bits per heavy atom. The molecule has 0 aliphatic carbocycles. The summed E-state index contributed by atoms with van der Waals surface area (Å²) in [6.45, 7) is 1.83. The maximum atomic E-state index is 12.5. The number of nitrogens with one attached hydrogen (secondary N) is 1. The van der Waals surface area contributed by atoms with Crippen molar-refractivity contribution in [1.82, 2.24) is 0 Å². The first-order valence-electron chi connectivity index (χ1n) is 7.89. The molecule has 0 saturated carbocycles. The molecule has 0 saturated heterocycles. The van der Waals surface area contributed by atoms with Crippen molar-refractivity contribution in [1.29, 1.82) is 0 Å². The van der Waals surface area contributed by atoms with Gasteiger partial charge in [-0.25, -0.2) is 4.79 Å². The molecule has 3 N–H and O–H groups in total. The molecule has 2 aromatic rings. The molecular weight excluding hydrogens is 418 g/mol. The van der Waals surface area contributed by atoms with E-state index in [9.17, 15) is 14.9 Å². The van der Waals surface area contributed by atoms with Gasteiger partial charge in [0.1, 0.15) is 17.1 Å². The van der Waals surface area contributed by atoms with Gasteiger partial charge in [-0.3, -0.25) is 10.1 Å². The smallest absolute Gasteiger partial charge is 0.342 e. The Labute approximate surface area is 164 Å². The number of nitrogens with two attached hydrogens (primary N) is 1. The highest BCUT2D eigenvalue weighted by atomic mass is 79.9. The van der Waals surface area contributed by atoms with E-state index in [0.717, 1.165) is 0 Å². The fourth-order valence-corrected chi connectivity index (χ4v) is 2.85. The number of benzene rings is 2. The number of methoxy groups -OCH3 is 1. The molecule has 0 heterocycles. The number of hydrogen-bond donors (Lipinski definition) is 2. The minimum absolute atomic E-state index is 0.0492. The summed E-state index contributed by atoms with van der Waals surface area (Å²) in [5.41, 5.74) is 7.09. The zero-order chi connectivity index (χ0) is 20.0. The average molecular weight is 436 g/mol. The molecule has 0 bridgehead atoms. The summed E-state index contributed by atoms with van der Waals surface area (Å²) < 4.78 is 10.5. The second kappa shape index (κ2) is 9.04. The Hall–Kier alpha value is -3.07. The summed E-state index contributed by atoms with van der Waals surface area (Å²) >= 11 is 3.26. The number of nitrogens with zero attached hydrogens (tertiary/aromatic N) is 1. The number of non-ortho nitro benzene ring substituents is 1. The van der Waals surface area contributed by atoms with Gasteiger partial charge in [-0.15, -0.1) is 0 Å². The van der Waals surface area contributed by atoms with Crippen molar-refractivity contribution >= 4 is 38.8 Å². The Balaban J connectivity index is 2.47. The SMILES string of the molecule is CCOC(=O)/C(=C(/N)Nc1ccc(OC)cc1)c1ccc([N+](=O)[O-])cc1Br. The monoisotopic (exact) mass is 435 g/mol. The van der Waals surface area contributed by atoms with E-state index in [1.165, 1.54) is 18.2 Å². The normalized spacial score (nSPS) is 11.4. The van der Waals surface area contributed by atoms with Gasteiger partial charge in [-0.05, 0) is 53.2 Å². The van der Waals surface area contributed by atoms with Crippen molar-refractivity contribution in [3.63, 3.8) is 0 Å². The van der Waals surface area contributed by atoms with Crippen molar-refractivity contribution < 1.29 is 19.2 Å². The molecule has 0 aliphatic heterocycles. The molecule has 9 heteroatoms. The number of carbonyl (C=O) groups is 1. The Kier molecular flexibility index (Phi) is 6.78. The topological polar surface area (TPSA) is 117 Å². The molecule has 8 nitrogen and oxygen atoms in total. The number of halogens is 1. The van der Waals surface area contributed by atoms with E-state index in [0.29, 0.717) is 21.5 Å². The summed E-state index contributed by atoms with van der Waals surface area (Å²) in [6, 6.07) is 11.0. The first-order chi connectivity index (χ1) is 12.9. The van der Waals surface area contributed by atoms with Crippen LogP contribution in [-0.4, -0.2) is 24.6 Å². The fraction of sp³-hybridized carbons (Fsp3) is 0.167. The number of rotatable bonds is 7. The molecule has 0 radical (unpaired) electrons. The highest BCUT2D eigenvalue weighted by Crippen LogP contribution is 2.30. The standard InChI is InChI=1S/C18H18BrN3O5/c1-3-27-18(23)16(14-9-6-12(22(24)25)10-15(14)19)17(20)21-11-4-7-13(26-2)8-5-11/h4-10,21H,3,20H2,1-2H3/b17-16-. The predicted octanol–water partition coefficient (Wildman–Crippen LogP) is 3.67. The Bertz CT molecular complexity index is 881. The molecule has 2 rings (SSSR count). The number of anilines is 1. The van der Waals surface area contributed by atoms with E-state index >= 15 is 0 Å². The van der Waals surface area contributed by atoms with Crippen molar-refractivity contribution in [3.05, 3.63) is 68.4 Å². The van der Waals surface area contributed by atoms with Crippen LogP contribution in [0.4, 0.5) is 11.4 Å². The molecule has 0 aromatic heterocycles. The lowest BCUT2D eigenvalue weighted by molar-refractivity contribution is -0.384. The molecule has 0 spiro atoms. The van der Waals surface area contributed by atoms with Crippen molar-refractivity contribution in [2.75, 3.05) is 19.0 Å². The van der Waals surface area contributed by atoms with Crippen molar-refractivity contribution in [2.45, 2.75) is 6.92 Å². The summed E-state index contributed by atoms with van der Waals surface area (Å²) in [7, 11) is 1.56. The van der Waals surface area contributed by atoms with Gasteiger partial charge in [-0.2, -0.15) is 0 Å². The molecule has 0 atom stereocenters. The average Bonchev–Trinajstić information content (AvgIpc) is 2.64. The predicted molar refractivity (Wildman–Crippen MR) is 105 cm³/mol. The van der Waals surface area contributed by atoms with E-state index in [1.54, 1.807) is 38.3 Å². The Morgan fingerprint density at radius 2 is 1.93 bits per heavy atom. The van der Waals surface area contributed by atoms with E-state index < -0.39 is 10.9 Å². The van der Waals surface area contributed by atoms with E-state index in [2.05, 4.69) is 21.2 Å². The molecule has 0 amide bonds. The van der Waals surface area contributed by atoms with Crippen LogP contribution in [0.5, 0.6) is 5.75 Å². The number of esters is 1. The van der Waals surface area contributed by atoms with Crippen LogP contribution in [0.15, 0.2) is 52.8 Å². The number of carbonyl (C=O) groups excluding carboxylic acids is 1. The molecular formula is C18H18BrN3O5. The fourth-order valence-electron chi connectivity index (χ4n) is 2.28. The quantitative estimate of drug-likeness (QED) is 0.294. The van der Waals surface area contributed by atoms with Crippen LogP contribution in [0.2, 0.25) is 0 Å². The third kappa shape index (κ3) is 4.98.